The standard InChI is InChI=1S/C10H20.C4H10/c1-5-9(3)7-8-10(4)6-2;1-3-4-2/h5,9-10H,1,6-8H2,2-4H3;3-4H2,1-2H3. The van der Waals surface area contributed by atoms with Crippen molar-refractivity contribution >= 4 is 0 Å². The van der Waals surface area contributed by atoms with E-state index in [0.717, 1.165) is 5.92 Å². The molecule has 0 saturated heterocycles. The van der Waals surface area contributed by atoms with Crippen LogP contribution in [0.5, 0.6) is 0 Å². The van der Waals surface area contributed by atoms with Gasteiger partial charge >= 0.3 is 0 Å². The van der Waals surface area contributed by atoms with Crippen molar-refractivity contribution in [3.8, 4) is 0 Å². The van der Waals surface area contributed by atoms with Gasteiger partial charge in [-0.3, -0.25) is 0 Å². The molecule has 0 fully saturated rings. The van der Waals surface area contributed by atoms with E-state index in [1.807, 2.05) is 6.08 Å². The minimum atomic E-state index is 0.703. The lowest BCUT2D eigenvalue weighted by Crippen LogP contribution is -1.96. The zero-order chi connectivity index (χ0) is 11.4. The summed E-state index contributed by atoms with van der Waals surface area (Å²) in [7, 11) is 0. The fourth-order valence-electron chi connectivity index (χ4n) is 0.869. The third kappa shape index (κ3) is 14.3. The van der Waals surface area contributed by atoms with Gasteiger partial charge in [0.1, 0.15) is 0 Å². The average molecular weight is 198 g/mol. The molecule has 0 radical (unpaired) electrons. The van der Waals surface area contributed by atoms with Crippen LogP contribution in [0.15, 0.2) is 12.7 Å². The number of allylic oxidation sites excluding steroid dienone is 1. The summed E-state index contributed by atoms with van der Waals surface area (Å²) in [6.07, 6.45) is 8.65. The van der Waals surface area contributed by atoms with Gasteiger partial charge in [-0.2, -0.15) is 0 Å². The molecule has 0 saturated carbocycles. The van der Waals surface area contributed by atoms with E-state index in [1.165, 1.54) is 32.1 Å². The lowest BCUT2D eigenvalue weighted by Gasteiger charge is -2.09. The van der Waals surface area contributed by atoms with Crippen molar-refractivity contribution in [2.24, 2.45) is 11.8 Å². The Morgan fingerprint density at radius 3 is 1.79 bits per heavy atom. The molecule has 86 valence electrons. The minimum Gasteiger partial charge on any atom is -0.103 e. The second-order valence-corrected chi connectivity index (χ2v) is 4.30. The number of unbranched alkanes of at least 4 members (excludes halogenated alkanes) is 1. The lowest BCUT2D eigenvalue weighted by atomic mass is 9.97. The molecule has 0 aromatic rings. The zero-order valence-electron chi connectivity index (χ0n) is 11.0. The first-order chi connectivity index (χ1) is 6.62. The molecule has 0 aromatic heterocycles. The summed E-state index contributed by atoms with van der Waals surface area (Å²) in [4.78, 5) is 0. The Bertz CT molecular complexity index is 103. The normalized spacial score (nSPS) is 13.8. The highest BCUT2D eigenvalue weighted by atomic mass is 14.1. The smallest absolute Gasteiger partial charge is 0.0265 e. The quantitative estimate of drug-likeness (QED) is 0.498. The first-order valence-electron chi connectivity index (χ1n) is 6.24. The molecule has 0 heteroatoms. The SMILES string of the molecule is C=CC(C)CCC(C)CC.CCCC. The molecule has 0 amide bonds. The van der Waals surface area contributed by atoms with Crippen molar-refractivity contribution in [1.82, 2.24) is 0 Å². The Kier molecular flexibility index (Phi) is 14.7. The monoisotopic (exact) mass is 198 g/mol. The highest BCUT2D eigenvalue weighted by Gasteiger charge is 2.00. The fraction of sp³-hybridized carbons (Fsp3) is 0.857. The van der Waals surface area contributed by atoms with Gasteiger partial charge in [0.25, 0.3) is 0 Å². The van der Waals surface area contributed by atoms with Crippen molar-refractivity contribution in [3.05, 3.63) is 12.7 Å². The molecule has 0 aliphatic heterocycles. The van der Waals surface area contributed by atoms with Crippen LogP contribution >= 0.6 is 0 Å². The van der Waals surface area contributed by atoms with Crippen LogP contribution in [0.25, 0.3) is 0 Å². The lowest BCUT2D eigenvalue weighted by molar-refractivity contribution is 0.460. The maximum absolute atomic E-state index is 3.76. The van der Waals surface area contributed by atoms with Crippen molar-refractivity contribution in [2.45, 2.75) is 66.7 Å². The van der Waals surface area contributed by atoms with Crippen molar-refractivity contribution in [3.63, 3.8) is 0 Å². The number of hydrogen-bond acceptors (Lipinski definition) is 0. The summed E-state index contributed by atoms with van der Waals surface area (Å²) in [6, 6.07) is 0. The summed E-state index contributed by atoms with van der Waals surface area (Å²) in [5.41, 5.74) is 0. The summed E-state index contributed by atoms with van der Waals surface area (Å²) in [5, 5.41) is 0. The first kappa shape index (κ1) is 16.2. The minimum absolute atomic E-state index is 0.703. The summed E-state index contributed by atoms with van der Waals surface area (Å²) in [6.45, 7) is 14.9. The summed E-state index contributed by atoms with van der Waals surface area (Å²) in [5.74, 6) is 1.59. The van der Waals surface area contributed by atoms with Gasteiger partial charge in [-0.05, 0) is 18.3 Å². The van der Waals surface area contributed by atoms with Gasteiger partial charge in [-0.1, -0.05) is 66.4 Å². The molecule has 2 atom stereocenters. The zero-order valence-corrected chi connectivity index (χ0v) is 11.0. The van der Waals surface area contributed by atoms with E-state index >= 15 is 0 Å². The van der Waals surface area contributed by atoms with Crippen LogP contribution in [-0.2, 0) is 0 Å². The van der Waals surface area contributed by atoms with E-state index in [2.05, 4.69) is 41.2 Å². The van der Waals surface area contributed by atoms with E-state index in [-0.39, 0.29) is 0 Å². The van der Waals surface area contributed by atoms with Gasteiger partial charge in [0.05, 0.1) is 0 Å². The first-order valence-corrected chi connectivity index (χ1v) is 6.24. The van der Waals surface area contributed by atoms with Crippen molar-refractivity contribution in [1.29, 1.82) is 0 Å². The van der Waals surface area contributed by atoms with Crippen LogP contribution in [0.3, 0.4) is 0 Å². The predicted octanol–water partition coefficient (Wildman–Crippen LogP) is 5.44. The van der Waals surface area contributed by atoms with Gasteiger partial charge < -0.3 is 0 Å². The molecule has 14 heavy (non-hydrogen) atoms. The van der Waals surface area contributed by atoms with Gasteiger partial charge in [-0.25, -0.2) is 0 Å². The van der Waals surface area contributed by atoms with Crippen LogP contribution in [0.2, 0.25) is 0 Å². The third-order valence-corrected chi connectivity index (χ3v) is 2.71. The van der Waals surface area contributed by atoms with Crippen LogP contribution in [0, 0.1) is 11.8 Å². The maximum atomic E-state index is 3.76. The topological polar surface area (TPSA) is 0 Å². The van der Waals surface area contributed by atoms with Crippen molar-refractivity contribution in [2.75, 3.05) is 0 Å². The molecule has 0 aliphatic rings. The number of hydrogen-bond donors (Lipinski definition) is 0. The van der Waals surface area contributed by atoms with E-state index < -0.39 is 0 Å². The van der Waals surface area contributed by atoms with E-state index in [9.17, 15) is 0 Å². The van der Waals surface area contributed by atoms with Crippen molar-refractivity contribution < 1.29 is 0 Å². The summed E-state index contributed by atoms with van der Waals surface area (Å²) >= 11 is 0. The highest BCUT2D eigenvalue weighted by molar-refractivity contribution is 4.74. The largest absolute Gasteiger partial charge is 0.103 e. The Balaban J connectivity index is 0. The molecule has 0 aromatic carbocycles. The molecule has 0 bridgehead atoms. The van der Waals surface area contributed by atoms with Gasteiger partial charge in [0.15, 0.2) is 0 Å². The average Bonchev–Trinajstić information content (AvgIpc) is 2.25. The van der Waals surface area contributed by atoms with E-state index in [0.29, 0.717) is 5.92 Å². The molecule has 0 rings (SSSR count). The molecular weight excluding hydrogens is 168 g/mol. The van der Waals surface area contributed by atoms with Crippen LogP contribution in [-0.4, -0.2) is 0 Å². The molecule has 0 nitrogen and oxygen atoms in total. The molecule has 0 spiro atoms. The van der Waals surface area contributed by atoms with Crippen LogP contribution < -0.4 is 0 Å². The predicted molar refractivity (Wildman–Crippen MR) is 68.6 cm³/mol. The highest BCUT2D eigenvalue weighted by Crippen LogP contribution is 2.14. The fourth-order valence-corrected chi connectivity index (χ4v) is 0.869. The maximum Gasteiger partial charge on any atom is -0.0265 e. The Labute approximate surface area is 91.8 Å². The molecule has 2 unspecified atom stereocenters. The Hall–Kier alpha value is -0.260. The second kappa shape index (κ2) is 12.7. The summed E-state index contributed by atoms with van der Waals surface area (Å²) < 4.78 is 0. The van der Waals surface area contributed by atoms with Gasteiger partial charge in [0.2, 0.25) is 0 Å². The molecule has 0 heterocycles. The van der Waals surface area contributed by atoms with Crippen LogP contribution in [0.1, 0.15) is 66.7 Å². The molecule has 0 N–H and O–H groups in total. The van der Waals surface area contributed by atoms with E-state index in [1.54, 1.807) is 0 Å². The second-order valence-electron chi connectivity index (χ2n) is 4.30. The molecular formula is C14H30. The van der Waals surface area contributed by atoms with Gasteiger partial charge in [-0.15, -0.1) is 6.58 Å². The molecule has 0 aliphatic carbocycles. The number of rotatable bonds is 6. The Morgan fingerprint density at radius 2 is 1.50 bits per heavy atom. The third-order valence-electron chi connectivity index (χ3n) is 2.71. The Morgan fingerprint density at radius 1 is 1.00 bits per heavy atom. The van der Waals surface area contributed by atoms with Crippen LogP contribution in [0.4, 0.5) is 0 Å². The van der Waals surface area contributed by atoms with Gasteiger partial charge in [0, 0.05) is 0 Å². The van der Waals surface area contributed by atoms with E-state index in [4.69, 9.17) is 0 Å².